The Labute approximate surface area is 202 Å². The summed E-state index contributed by atoms with van der Waals surface area (Å²) >= 11 is 11.9. The summed E-state index contributed by atoms with van der Waals surface area (Å²) in [5.41, 5.74) is 0.890. The monoisotopic (exact) mass is 508 g/mol. The van der Waals surface area contributed by atoms with E-state index < -0.39 is 22.0 Å². The average molecular weight is 509 g/mol. The number of nitrogens with one attached hydrogen (secondary N) is 1. The van der Waals surface area contributed by atoms with E-state index in [1.54, 1.807) is 25.1 Å². The first-order chi connectivity index (χ1) is 15.5. The first-order valence-electron chi connectivity index (χ1n) is 10.0. The molecule has 1 aliphatic rings. The average Bonchev–Trinajstić information content (AvgIpc) is 2.77. The van der Waals surface area contributed by atoms with E-state index in [0.29, 0.717) is 10.0 Å². The summed E-state index contributed by atoms with van der Waals surface area (Å²) in [5.74, 6) is -1.20. The minimum Gasteiger partial charge on any atom is -0.350 e. The summed E-state index contributed by atoms with van der Waals surface area (Å²) in [6, 6.07) is 11.9. The Balaban J connectivity index is 1.66. The van der Waals surface area contributed by atoms with Crippen molar-refractivity contribution in [3.05, 3.63) is 63.6 Å². The Morgan fingerprint density at radius 1 is 1.21 bits per heavy atom. The van der Waals surface area contributed by atoms with Crippen LogP contribution in [0, 0.1) is 17.2 Å². The molecular weight excluding hydrogens is 487 g/mol. The molecule has 0 aliphatic carbocycles. The summed E-state index contributed by atoms with van der Waals surface area (Å²) < 4.78 is 26.7. The van der Waals surface area contributed by atoms with Gasteiger partial charge in [0.05, 0.1) is 26.9 Å². The molecule has 3 rings (SSSR count). The zero-order chi connectivity index (χ0) is 24.3. The number of nitriles is 1. The predicted octanol–water partition coefficient (Wildman–Crippen LogP) is 2.91. The molecule has 0 bridgehead atoms. The van der Waals surface area contributed by atoms with Crippen molar-refractivity contribution in [2.24, 2.45) is 5.92 Å². The molecular formula is C22H22Cl2N4O4S. The third-order valence-corrected chi connectivity index (χ3v) is 8.05. The molecule has 174 valence electrons. The minimum absolute atomic E-state index is 0.0325. The van der Waals surface area contributed by atoms with Gasteiger partial charge >= 0.3 is 0 Å². The zero-order valence-corrected chi connectivity index (χ0v) is 20.3. The summed E-state index contributed by atoms with van der Waals surface area (Å²) in [4.78, 5) is 26.7. The second-order valence-corrected chi connectivity index (χ2v) is 10.5. The fourth-order valence-electron chi connectivity index (χ4n) is 3.20. The van der Waals surface area contributed by atoms with Gasteiger partial charge in [0.15, 0.2) is 0 Å². The predicted molar refractivity (Wildman–Crippen MR) is 124 cm³/mol. The molecule has 1 N–H and O–H groups in total. The summed E-state index contributed by atoms with van der Waals surface area (Å²) in [5, 5.41) is 12.4. The van der Waals surface area contributed by atoms with Gasteiger partial charge in [0.2, 0.25) is 15.9 Å². The molecule has 2 amide bonds. The van der Waals surface area contributed by atoms with E-state index in [1.807, 2.05) is 6.07 Å². The van der Waals surface area contributed by atoms with Gasteiger partial charge in [-0.2, -0.15) is 9.57 Å². The lowest BCUT2D eigenvalue weighted by Gasteiger charge is -2.34. The van der Waals surface area contributed by atoms with Crippen LogP contribution in [0.5, 0.6) is 0 Å². The second-order valence-electron chi connectivity index (χ2n) is 7.73. The number of carbonyl (C=O) groups is 2. The van der Waals surface area contributed by atoms with Gasteiger partial charge in [0.25, 0.3) is 5.91 Å². The summed E-state index contributed by atoms with van der Waals surface area (Å²) in [7, 11) is -2.33. The maximum Gasteiger partial charge on any atom is 0.254 e. The van der Waals surface area contributed by atoms with Gasteiger partial charge in [-0.05, 0) is 42.8 Å². The zero-order valence-electron chi connectivity index (χ0n) is 18.0. The number of amides is 2. The van der Waals surface area contributed by atoms with E-state index in [9.17, 15) is 18.0 Å². The van der Waals surface area contributed by atoms with E-state index in [-0.39, 0.29) is 41.9 Å². The minimum atomic E-state index is -3.80. The lowest BCUT2D eigenvalue weighted by atomic mass is 10.1. The van der Waals surface area contributed by atoms with Crippen LogP contribution in [0.4, 0.5) is 0 Å². The fraction of sp³-hybridized carbons (Fsp3) is 0.318. The highest BCUT2D eigenvalue weighted by atomic mass is 35.5. The van der Waals surface area contributed by atoms with Crippen LogP contribution in [0.1, 0.15) is 22.8 Å². The van der Waals surface area contributed by atoms with E-state index in [2.05, 4.69) is 5.32 Å². The van der Waals surface area contributed by atoms with Crippen molar-refractivity contribution in [1.29, 1.82) is 5.26 Å². The molecule has 8 nitrogen and oxygen atoms in total. The molecule has 1 heterocycles. The number of hydrogen-bond acceptors (Lipinski definition) is 5. The Kier molecular flexibility index (Phi) is 7.65. The van der Waals surface area contributed by atoms with Crippen LogP contribution in [0.3, 0.4) is 0 Å². The molecule has 0 saturated carbocycles. The van der Waals surface area contributed by atoms with Crippen LogP contribution < -0.4 is 5.32 Å². The van der Waals surface area contributed by atoms with Crippen molar-refractivity contribution in [3.8, 4) is 6.07 Å². The molecule has 0 spiro atoms. The number of halogens is 2. The standard InChI is InChI=1S/C22H22Cl2N4O4S/c1-14(21(29)26-11-15-6-7-19(23)20(24)8-15)27(2)22(30)17-4-3-5-18(9-17)33(31,32)28-12-16(10-25)13-28/h3-9,14,16H,11-13H2,1-2H3,(H,26,29). The van der Waals surface area contributed by atoms with Crippen LogP contribution >= 0.6 is 23.2 Å². The van der Waals surface area contributed by atoms with E-state index in [1.165, 1.54) is 40.5 Å². The number of nitrogens with zero attached hydrogens (tertiary/aromatic N) is 3. The quantitative estimate of drug-likeness (QED) is 0.617. The smallest absolute Gasteiger partial charge is 0.254 e. The molecule has 11 heteroatoms. The van der Waals surface area contributed by atoms with Crippen LogP contribution in [0.15, 0.2) is 47.4 Å². The van der Waals surface area contributed by atoms with Gasteiger partial charge in [-0.15, -0.1) is 0 Å². The van der Waals surface area contributed by atoms with Crippen molar-refractivity contribution in [2.45, 2.75) is 24.4 Å². The maximum absolute atomic E-state index is 12.9. The van der Waals surface area contributed by atoms with Gasteiger partial charge in [-0.25, -0.2) is 8.42 Å². The van der Waals surface area contributed by atoms with Gasteiger partial charge in [0, 0.05) is 32.2 Å². The Morgan fingerprint density at radius 3 is 2.55 bits per heavy atom. The third kappa shape index (κ3) is 5.47. The molecule has 0 radical (unpaired) electrons. The Bertz CT molecular complexity index is 1220. The molecule has 1 saturated heterocycles. The number of carbonyl (C=O) groups excluding carboxylic acids is 2. The van der Waals surface area contributed by atoms with Gasteiger partial charge in [-0.3, -0.25) is 9.59 Å². The van der Waals surface area contributed by atoms with Gasteiger partial charge in [-0.1, -0.05) is 35.3 Å². The van der Waals surface area contributed by atoms with Crippen molar-refractivity contribution < 1.29 is 18.0 Å². The topological polar surface area (TPSA) is 111 Å². The van der Waals surface area contributed by atoms with E-state index in [4.69, 9.17) is 28.5 Å². The second kappa shape index (κ2) is 10.1. The highest BCUT2D eigenvalue weighted by molar-refractivity contribution is 7.89. The SMILES string of the molecule is CC(C(=O)NCc1ccc(Cl)c(Cl)c1)N(C)C(=O)c1cccc(S(=O)(=O)N2CC(C#N)C2)c1. The maximum atomic E-state index is 12.9. The molecule has 1 aliphatic heterocycles. The van der Waals surface area contributed by atoms with Crippen LogP contribution in [0.2, 0.25) is 10.0 Å². The fourth-order valence-corrected chi connectivity index (χ4v) is 5.09. The number of hydrogen-bond donors (Lipinski definition) is 1. The van der Waals surface area contributed by atoms with Crippen LogP contribution in [-0.2, 0) is 21.4 Å². The number of sulfonamides is 1. The first kappa shape index (κ1) is 25.0. The highest BCUT2D eigenvalue weighted by Crippen LogP contribution is 2.26. The van der Waals surface area contributed by atoms with Crippen LogP contribution in [-0.4, -0.2) is 55.6 Å². The van der Waals surface area contributed by atoms with Crippen LogP contribution in [0.25, 0.3) is 0 Å². The third-order valence-electron chi connectivity index (χ3n) is 5.48. The van der Waals surface area contributed by atoms with Gasteiger partial charge in [0.1, 0.15) is 6.04 Å². The molecule has 2 aromatic rings. The molecule has 33 heavy (non-hydrogen) atoms. The summed E-state index contributed by atoms with van der Waals surface area (Å²) in [6.45, 7) is 2.04. The van der Waals surface area contributed by atoms with Crippen molar-refractivity contribution in [2.75, 3.05) is 20.1 Å². The Hall–Kier alpha value is -2.64. The summed E-state index contributed by atoms with van der Waals surface area (Å²) in [6.07, 6.45) is 0. The van der Waals surface area contributed by atoms with Crippen molar-refractivity contribution in [1.82, 2.24) is 14.5 Å². The lowest BCUT2D eigenvalue weighted by Crippen LogP contribution is -2.49. The van der Waals surface area contributed by atoms with Crippen molar-refractivity contribution >= 4 is 45.0 Å². The molecule has 0 aromatic heterocycles. The number of benzene rings is 2. The number of rotatable bonds is 7. The lowest BCUT2D eigenvalue weighted by molar-refractivity contribution is -0.124. The van der Waals surface area contributed by atoms with E-state index in [0.717, 1.165) is 5.56 Å². The molecule has 1 fully saturated rings. The Morgan fingerprint density at radius 2 is 1.91 bits per heavy atom. The highest BCUT2D eigenvalue weighted by Gasteiger charge is 2.37. The molecule has 2 aromatic carbocycles. The van der Waals surface area contributed by atoms with Crippen molar-refractivity contribution in [3.63, 3.8) is 0 Å². The normalized spacial score (nSPS) is 15.2. The molecule has 1 atom stereocenters. The largest absolute Gasteiger partial charge is 0.350 e. The number of likely N-dealkylation sites (N-methyl/N-ethyl adjacent to an activating group) is 1. The van der Waals surface area contributed by atoms with E-state index >= 15 is 0 Å². The first-order valence-corrected chi connectivity index (χ1v) is 12.2. The molecule has 1 unspecified atom stereocenters. The van der Waals surface area contributed by atoms with Gasteiger partial charge < -0.3 is 10.2 Å².